The molecular formula is C23H24FN3O5. The van der Waals surface area contributed by atoms with Gasteiger partial charge in [-0.05, 0) is 43.3 Å². The van der Waals surface area contributed by atoms with Gasteiger partial charge >= 0.3 is 0 Å². The number of nitrogens with one attached hydrogen (secondary N) is 1. The van der Waals surface area contributed by atoms with Crippen molar-refractivity contribution >= 4 is 5.91 Å². The molecule has 0 radical (unpaired) electrons. The molecule has 3 aromatic rings. The molecule has 2 aromatic carbocycles. The molecule has 1 atom stereocenters. The predicted molar refractivity (Wildman–Crippen MR) is 117 cm³/mol. The number of halogens is 1. The van der Waals surface area contributed by atoms with E-state index in [1.54, 1.807) is 44.6 Å². The summed E-state index contributed by atoms with van der Waals surface area (Å²) in [6.07, 6.45) is -0.913. The van der Waals surface area contributed by atoms with E-state index in [2.05, 4.69) is 10.4 Å². The van der Waals surface area contributed by atoms with E-state index in [1.165, 1.54) is 35.9 Å². The highest BCUT2D eigenvalue weighted by Gasteiger charge is 2.16. The number of rotatable bonds is 9. The molecule has 1 N–H and O–H groups in total. The molecule has 1 aromatic heterocycles. The number of amides is 1. The Bertz CT molecular complexity index is 1150. The minimum absolute atomic E-state index is 0.00651. The number of carbonyl (C=O) groups excluding carboxylic acids is 1. The zero-order valence-electron chi connectivity index (χ0n) is 18.0. The van der Waals surface area contributed by atoms with Crippen LogP contribution in [0.1, 0.15) is 6.92 Å². The van der Waals surface area contributed by atoms with E-state index in [-0.39, 0.29) is 24.4 Å². The van der Waals surface area contributed by atoms with E-state index in [0.29, 0.717) is 22.8 Å². The molecule has 0 aliphatic heterocycles. The molecule has 168 valence electrons. The second-order valence-corrected chi connectivity index (χ2v) is 6.83. The summed E-state index contributed by atoms with van der Waals surface area (Å²) in [6.45, 7) is 1.79. The lowest BCUT2D eigenvalue weighted by Gasteiger charge is -2.15. The molecule has 3 rings (SSSR count). The van der Waals surface area contributed by atoms with Gasteiger partial charge in [0.25, 0.3) is 11.5 Å². The standard InChI is InChI=1S/C23H24FN3O5/c1-15(32-21-7-5-4-6-18(21)24)23(29)25-12-13-27-22(28)11-9-19(26-27)17-14-16(30-2)8-10-20(17)31-3/h4-11,14-15H,12-13H2,1-3H3,(H,25,29)/t15-/m1/s1. The summed E-state index contributed by atoms with van der Waals surface area (Å²) < 4.78 is 30.9. The van der Waals surface area contributed by atoms with Crippen molar-refractivity contribution in [1.82, 2.24) is 15.1 Å². The van der Waals surface area contributed by atoms with E-state index in [1.807, 2.05) is 0 Å². The van der Waals surface area contributed by atoms with Crippen LogP contribution in [0.4, 0.5) is 4.39 Å². The van der Waals surface area contributed by atoms with Crippen molar-refractivity contribution in [3.63, 3.8) is 0 Å². The Morgan fingerprint density at radius 1 is 1.09 bits per heavy atom. The van der Waals surface area contributed by atoms with Crippen molar-refractivity contribution in [1.29, 1.82) is 0 Å². The van der Waals surface area contributed by atoms with Gasteiger partial charge in [0.1, 0.15) is 11.5 Å². The van der Waals surface area contributed by atoms with Crippen molar-refractivity contribution in [2.45, 2.75) is 19.6 Å². The Balaban J connectivity index is 1.67. The molecule has 0 fully saturated rings. The molecule has 0 aliphatic carbocycles. The monoisotopic (exact) mass is 441 g/mol. The highest BCUT2D eigenvalue weighted by molar-refractivity contribution is 5.80. The van der Waals surface area contributed by atoms with Gasteiger partial charge < -0.3 is 19.5 Å². The maximum absolute atomic E-state index is 13.7. The molecule has 1 amide bonds. The van der Waals surface area contributed by atoms with Crippen LogP contribution < -0.4 is 25.1 Å². The zero-order chi connectivity index (χ0) is 23.1. The van der Waals surface area contributed by atoms with Gasteiger partial charge in [-0.3, -0.25) is 9.59 Å². The molecule has 0 spiro atoms. The third-order valence-electron chi connectivity index (χ3n) is 4.68. The van der Waals surface area contributed by atoms with Crippen molar-refractivity contribution in [2.75, 3.05) is 20.8 Å². The summed E-state index contributed by atoms with van der Waals surface area (Å²) in [6, 6.07) is 14.1. The van der Waals surface area contributed by atoms with E-state index in [9.17, 15) is 14.0 Å². The molecular weight excluding hydrogens is 417 g/mol. The van der Waals surface area contributed by atoms with Crippen molar-refractivity contribution in [3.8, 4) is 28.5 Å². The van der Waals surface area contributed by atoms with Crippen LogP contribution in [0.3, 0.4) is 0 Å². The molecule has 1 heterocycles. The fourth-order valence-corrected chi connectivity index (χ4v) is 2.98. The Hall–Kier alpha value is -3.88. The van der Waals surface area contributed by atoms with Gasteiger partial charge in [0.15, 0.2) is 17.7 Å². The molecule has 32 heavy (non-hydrogen) atoms. The summed E-state index contributed by atoms with van der Waals surface area (Å²) in [7, 11) is 3.10. The van der Waals surface area contributed by atoms with Crippen LogP contribution in [0.5, 0.6) is 17.2 Å². The Morgan fingerprint density at radius 3 is 2.59 bits per heavy atom. The normalized spacial score (nSPS) is 11.5. The summed E-state index contributed by atoms with van der Waals surface area (Å²) in [4.78, 5) is 24.5. The second kappa shape index (κ2) is 10.4. The third kappa shape index (κ3) is 5.42. The van der Waals surface area contributed by atoms with Gasteiger partial charge in [-0.25, -0.2) is 9.07 Å². The van der Waals surface area contributed by atoms with Crippen LogP contribution in [0.15, 0.2) is 59.4 Å². The van der Waals surface area contributed by atoms with Gasteiger partial charge in [0.05, 0.1) is 26.5 Å². The van der Waals surface area contributed by atoms with Crippen LogP contribution in [0.25, 0.3) is 11.3 Å². The number of carbonyl (C=O) groups is 1. The van der Waals surface area contributed by atoms with Gasteiger partial charge in [-0.2, -0.15) is 5.10 Å². The Labute approximate surface area is 184 Å². The lowest BCUT2D eigenvalue weighted by molar-refractivity contribution is -0.127. The number of aromatic nitrogens is 2. The molecule has 0 saturated heterocycles. The van der Waals surface area contributed by atoms with Gasteiger partial charge in [0.2, 0.25) is 0 Å². The number of benzene rings is 2. The fourth-order valence-electron chi connectivity index (χ4n) is 2.98. The predicted octanol–water partition coefficient (Wildman–Crippen LogP) is 2.65. The first kappa shape index (κ1) is 22.8. The van der Waals surface area contributed by atoms with Crippen LogP contribution in [-0.2, 0) is 11.3 Å². The smallest absolute Gasteiger partial charge is 0.266 e. The third-order valence-corrected chi connectivity index (χ3v) is 4.68. The van der Waals surface area contributed by atoms with Gasteiger partial charge in [-0.1, -0.05) is 12.1 Å². The summed E-state index contributed by atoms with van der Waals surface area (Å²) >= 11 is 0. The summed E-state index contributed by atoms with van der Waals surface area (Å²) in [5.41, 5.74) is 0.861. The van der Waals surface area contributed by atoms with E-state index in [0.717, 1.165) is 0 Å². The highest BCUT2D eigenvalue weighted by Crippen LogP contribution is 2.31. The van der Waals surface area contributed by atoms with Gasteiger partial charge in [0, 0.05) is 18.2 Å². The minimum atomic E-state index is -0.913. The molecule has 9 heteroatoms. The number of hydrogen-bond acceptors (Lipinski definition) is 6. The van der Waals surface area contributed by atoms with Crippen molar-refractivity contribution in [2.24, 2.45) is 0 Å². The number of ether oxygens (including phenoxy) is 3. The van der Waals surface area contributed by atoms with Crippen LogP contribution in [0, 0.1) is 5.82 Å². The first-order chi connectivity index (χ1) is 15.4. The lowest BCUT2D eigenvalue weighted by atomic mass is 10.1. The summed E-state index contributed by atoms with van der Waals surface area (Å²) in [5, 5.41) is 7.05. The number of nitrogens with zero attached hydrogens (tertiary/aromatic N) is 2. The largest absolute Gasteiger partial charge is 0.497 e. The van der Waals surface area contributed by atoms with Crippen molar-refractivity contribution < 1.29 is 23.4 Å². The van der Waals surface area contributed by atoms with E-state index < -0.39 is 17.8 Å². The number of hydrogen-bond donors (Lipinski definition) is 1. The molecule has 0 bridgehead atoms. The van der Waals surface area contributed by atoms with Crippen molar-refractivity contribution in [3.05, 3.63) is 70.8 Å². The quantitative estimate of drug-likeness (QED) is 0.549. The zero-order valence-corrected chi connectivity index (χ0v) is 18.0. The number of methoxy groups -OCH3 is 2. The summed E-state index contributed by atoms with van der Waals surface area (Å²) in [5.74, 6) is 0.208. The maximum atomic E-state index is 13.7. The molecule has 8 nitrogen and oxygen atoms in total. The SMILES string of the molecule is COc1ccc(OC)c(-c2ccc(=O)n(CCNC(=O)[C@@H](C)Oc3ccccc3F)n2)c1. The number of para-hydroxylation sites is 1. The average molecular weight is 441 g/mol. The maximum Gasteiger partial charge on any atom is 0.266 e. The first-order valence-corrected chi connectivity index (χ1v) is 9.92. The minimum Gasteiger partial charge on any atom is -0.497 e. The molecule has 0 unspecified atom stereocenters. The van der Waals surface area contributed by atoms with Crippen LogP contribution in [0.2, 0.25) is 0 Å². The fraction of sp³-hybridized carbons (Fsp3) is 0.261. The molecule has 0 saturated carbocycles. The Morgan fingerprint density at radius 2 is 1.88 bits per heavy atom. The highest BCUT2D eigenvalue weighted by atomic mass is 19.1. The van der Waals surface area contributed by atoms with Crippen LogP contribution >= 0.6 is 0 Å². The lowest BCUT2D eigenvalue weighted by Crippen LogP contribution is -2.39. The van der Waals surface area contributed by atoms with Crippen LogP contribution in [-0.4, -0.2) is 42.6 Å². The van der Waals surface area contributed by atoms with Gasteiger partial charge in [-0.15, -0.1) is 0 Å². The average Bonchev–Trinajstić information content (AvgIpc) is 2.81. The first-order valence-electron chi connectivity index (χ1n) is 9.92. The van der Waals surface area contributed by atoms with E-state index in [4.69, 9.17) is 14.2 Å². The Kier molecular flexibility index (Phi) is 7.43. The topological polar surface area (TPSA) is 91.7 Å². The van der Waals surface area contributed by atoms with E-state index >= 15 is 0 Å². The second-order valence-electron chi connectivity index (χ2n) is 6.83. The molecule has 0 aliphatic rings.